The molecule has 116 valence electrons. The highest BCUT2D eigenvalue weighted by Gasteiger charge is 2.15. The van der Waals surface area contributed by atoms with Gasteiger partial charge in [-0.2, -0.15) is 0 Å². The summed E-state index contributed by atoms with van der Waals surface area (Å²) in [7, 11) is 0. The van der Waals surface area contributed by atoms with E-state index in [0.29, 0.717) is 26.4 Å². The first-order valence-corrected chi connectivity index (χ1v) is 7.95. The molecular weight excluding hydrogens is 348 g/mol. The fourth-order valence-corrected chi connectivity index (χ4v) is 2.88. The Morgan fingerprint density at radius 2 is 2.00 bits per heavy atom. The van der Waals surface area contributed by atoms with Gasteiger partial charge in [0.2, 0.25) is 0 Å². The molecule has 1 atom stereocenters. The van der Waals surface area contributed by atoms with E-state index in [1.807, 2.05) is 36.4 Å². The molecule has 3 rings (SSSR count). The number of carbonyl (C=O) groups excluding carboxylic acids is 1. The van der Waals surface area contributed by atoms with Crippen molar-refractivity contribution in [1.29, 1.82) is 0 Å². The minimum atomic E-state index is -0.248. The average Bonchev–Trinajstić information content (AvgIpc) is 2.57. The molecule has 0 radical (unpaired) electrons. The van der Waals surface area contributed by atoms with Crippen LogP contribution in [0.5, 0.6) is 0 Å². The molecule has 2 amide bonds. The second-order valence-corrected chi connectivity index (χ2v) is 5.90. The number of nitrogens with one attached hydrogen (secondary N) is 2. The number of fused-ring (bicyclic) bond motifs is 1. The Kier molecular flexibility index (Phi) is 4.92. The van der Waals surface area contributed by atoms with Gasteiger partial charge in [0.05, 0.1) is 31.6 Å². The molecule has 1 saturated heterocycles. The van der Waals surface area contributed by atoms with E-state index >= 15 is 0 Å². The van der Waals surface area contributed by atoms with Gasteiger partial charge in [-0.3, -0.25) is 0 Å². The lowest BCUT2D eigenvalue weighted by Crippen LogP contribution is -2.41. The van der Waals surface area contributed by atoms with Gasteiger partial charge in [-0.1, -0.05) is 40.2 Å². The number of rotatable bonds is 3. The number of amides is 2. The summed E-state index contributed by atoms with van der Waals surface area (Å²) in [5.74, 6) is 0. The van der Waals surface area contributed by atoms with Crippen LogP contribution in [0.15, 0.2) is 40.9 Å². The van der Waals surface area contributed by atoms with Crippen molar-refractivity contribution in [3.8, 4) is 0 Å². The third-order valence-electron chi connectivity index (χ3n) is 3.49. The van der Waals surface area contributed by atoms with Crippen LogP contribution in [0.3, 0.4) is 0 Å². The smallest absolute Gasteiger partial charge is 0.319 e. The van der Waals surface area contributed by atoms with Crippen LogP contribution in [0.2, 0.25) is 0 Å². The largest absolute Gasteiger partial charge is 0.376 e. The molecule has 1 fully saturated rings. The normalized spacial score (nSPS) is 18.1. The lowest BCUT2D eigenvalue weighted by atomic mass is 10.1. The number of urea groups is 1. The van der Waals surface area contributed by atoms with E-state index in [9.17, 15) is 4.79 Å². The summed E-state index contributed by atoms with van der Waals surface area (Å²) in [5.41, 5.74) is 0.775. The summed E-state index contributed by atoms with van der Waals surface area (Å²) in [4.78, 5) is 12.1. The first kappa shape index (κ1) is 15.3. The van der Waals surface area contributed by atoms with E-state index < -0.39 is 0 Å². The number of carbonyl (C=O) groups is 1. The monoisotopic (exact) mass is 364 g/mol. The standard InChI is InChI=1S/C16H17BrN2O3/c17-14-5-6-15(13-4-2-1-3-12(13)14)19-16(20)18-9-11-10-21-7-8-22-11/h1-6,11H,7-10H2,(H2,18,19,20). The molecule has 1 heterocycles. The van der Waals surface area contributed by atoms with Gasteiger partial charge in [0.1, 0.15) is 0 Å². The van der Waals surface area contributed by atoms with Crippen LogP contribution in [0, 0.1) is 0 Å². The Labute approximate surface area is 137 Å². The highest BCUT2D eigenvalue weighted by molar-refractivity contribution is 9.10. The number of hydrogen-bond acceptors (Lipinski definition) is 3. The van der Waals surface area contributed by atoms with Crippen LogP contribution in [-0.2, 0) is 9.47 Å². The molecule has 1 aliphatic heterocycles. The topological polar surface area (TPSA) is 59.6 Å². The Bertz CT molecular complexity index is 671. The summed E-state index contributed by atoms with van der Waals surface area (Å²) >= 11 is 3.52. The number of anilines is 1. The van der Waals surface area contributed by atoms with Crippen molar-refractivity contribution in [2.24, 2.45) is 0 Å². The summed E-state index contributed by atoms with van der Waals surface area (Å²) in [6.45, 7) is 2.14. The number of benzene rings is 2. The zero-order valence-corrected chi connectivity index (χ0v) is 13.6. The molecule has 0 bridgehead atoms. The maximum absolute atomic E-state index is 12.1. The van der Waals surface area contributed by atoms with Gasteiger partial charge < -0.3 is 20.1 Å². The first-order valence-electron chi connectivity index (χ1n) is 7.15. The van der Waals surface area contributed by atoms with E-state index in [1.165, 1.54) is 0 Å². The maximum Gasteiger partial charge on any atom is 0.319 e. The minimum Gasteiger partial charge on any atom is -0.376 e. The molecule has 0 aliphatic carbocycles. The average molecular weight is 365 g/mol. The highest BCUT2D eigenvalue weighted by atomic mass is 79.9. The van der Waals surface area contributed by atoms with Crippen LogP contribution >= 0.6 is 15.9 Å². The molecule has 0 aromatic heterocycles. The molecule has 0 saturated carbocycles. The quantitative estimate of drug-likeness (QED) is 0.879. The van der Waals surface area contributed by atoms with Gasteiger partial charge >= 0.3 is 6.03 Å². The second kappa shape index (κ2) is 7.09. The molecule has 0 spiro atoms. The van der Waals surface area contributed by atoms with Gasteiger partial charge in [-0.25, -0.2) is 4.79 Å². The molecule has 2 N–H and O–H groups in total. The Morgan fingerprint density at radius 1 is 1.18 bits per heavy atom. The van der Waals surface area contributed by atoms with E-state index in [0.717, 1.165) is 20.9 Å². The molecule has 5 nitrogen and oxygen atoms in total. The van der Waals surface area contributed by atoms with Crippen LogP contribution in [0.4, 0.5) is 10.5 Å². The second-order valence-electron chi connectivity index (χ2n) is 5.04. The summed E-state index contributed by atoms with van der Waals surface area (Å²) in [5, 5.41) is 7.75. The van der Waals surface area contributed by atoms with Crippen molar-refractivity contribution < 1.29 is 14.3 Å². The summed E-state index contributed by atoms with van der Waals surface area (Å²) in [6, 6.07) is 11.5. The Balaban J connectivity index is 1.65. The maximum atomic E-state index is 12.1. The zero-order chi connectivity index (χ0) is 15.4. The van der Waals surface area contributed by atoms with Crippen LogP contribution in [0.1, 0.15) is 0 Å². The molecular formula is C16H17BrN2O3. The highest BCUT2D eigenvalue weighted by Crippen LogP contribution is 2.29. The summed E-state index contributed by atoms with van der Waals surface area (Å²) < 4.78 is 11.8. The third kappa shape index (κ3) is 3.58. The van der Waals surface area contributed by atoms with E-state index in [1.54, 1.807) is 0 Å². The lowest BCUT2D eigenvalue weighted by Gasteiger charge is -2.23. The number of ether oxygens (including phenoxy) is 2. The number of hydrogen-bond donors (Lipinski definition) is 2. The molecule has 2 aromatic carbocycles. The SMILES string of the molecule is O=C(NCC1COCCO1)Nc1ccc(Br)c2ccccc12. The Hall–Kier alpha value is -1.63. The lowest BCUT2D eigenvalue weighted by molar-refractivity contribution is -0.0852. The fraction of sp³-hybridized carbons (Fsp3) is 0.312. The van der Waals surface area contributed by atoms with Gasteiger partial charge in [-0.05, 0) is 17.5 Å². The van der Waals surface area contributed by atoms with Crippen molar-refractivity contribution in [3.05, 3.63) is 40.9 Å². The van der Waals surface area contributed by atoms with Gasteiger partial charge in [0.15, 0.2) is 0 Å². The summed E-state index contributed by atoms with van der Waals surface area (Å²) in [6.07, 6.45) is -0.0823. The van der Waals surface area contributed by atoms with Gasteiger partial charge in [-0.15, -0.1) is 0 Å². The molecule has 1 aliphatic rings. The van der Waals surface area contributed by atoms with Crippen LogP contribution < -0.4 is 10.6 Å². The third-order valence-corrected chi connectivity index (χ3v) is 4.19. The predicted molar refractivity (Wildman–Crippen MR) is 89.2 cm³/mol. The predicted octanol–water partition coefficient (Wildman–Crippen LogP) is 3.14. The van der Waals surface area contributed by atoms with Crippen LogP contribution in [-0.4, -0.2) is 38.5 Å². The zero-order valence-electron chi connectivity index (χ0n) is 12.0. The van der Waals surface area contributed by atoms with Crippen molar-refractivity contribution >= 4 is 38.4 Å². The van der Waals surface area contributed by atoms with Crippen molar-refractivity contribution in [2.75, 3.05) is 31.7 Å². The van der Waals surface area contributed by atoms with Crippen molar-refractivity contribution in [3.63, 3.8) is 0 Å². The Morgan fingerprint density at radius 3 is 2.77 bits per heavy atom. The van der Waals surface area contributed by atoms with Crippen LogP contribution in [0.25, 0.3) is 10.8 Å². The number of halogens is 1. The van der Waals surface area contributed by atoms with Gasteiger partial charge in [0, 0.05) is 16.4 Å². The molecule has 6 heteroatoms. The molecule has 22 heavy (non-hydrogen) atoms. The van der Waals surface area contributed by atoms with Gasteiger partial charge in [0.25, 0.3) is 0 Å². The van der Waals surface area contributed by atoms with E-state index in [4.69, 9.17) is 9.47 Å². The molecule has 1 unspecified atom stereocenters. The molecule has 2 aromatic rings. The fourth-order valence-electron chi connectivity index (χ4n) is 2.40. The van der Waals surface area contributed by atoms with Crippen molar-refractivity contribution in [2.45, 2.75) is 6.10 Å². The van der Waals surface area contributed by atoms with E-state index in [2.05, 4.69) is 26.6 Å². The first-order chi connectivity index (χ1) is 10.7. The van der Waals surface area contributed by atoms with E-state index in [-0.39, 0.29) is 12.1 Å². The van der Waals surface area contributed by atoms with Crippen molar-refractivity contribution in [1.82, 2.24) is 5.32 Å². The minimum absolute atomic E-state index is 0.0823.